The summed E-state index contributed by atoms with van der Waals surface area (Å²) in [4.78, 5) is 0. The van der Waals surface area contributed by atoms with Gasteiger partial charge < -0.3 is 4.74 Å². The zero-order chi connectivity index (χ0) is 17.7. The molecule has 0 radical (unpaired) electrons. The third kappa shape index (κ3) is 8.59. The van der Waals surface area contributed by atoms with Crippen molar-refractivity contribution in [3.05, 3.63) is 0 Å². The van der Waals surface area contributed by atoms with E-state index < -0.39 is 0 Å². The Morgan fingerprint density at radius 1 is 0.760 bits per heavy atom. The summed E-state index contributed by atoms with van der Waals surface area (Å²) >= 11 is 0. The first-order valence-electron chi connectivity index (χ1n) is 11.3. The minimum Gasteiger partial charge on any atom is -0.378 e. The highest BCUT2D eigenvalue weighted by Crippen LogP contribution is 2.34. The summed E-state index contributed by atoms with van der Waals surface area (Å²) in [5.74, 6) is 2.29. The van der Waals surface area contributed by atoms with E-state index in [1.165, 1.54) is 77.0 Å². The molecule has 0 spiro atoms. The van der Waals surface area contributed by atoms with Crippen LogP contribution < -0.4 is 0 Å². The van der Waals surface area contributed by atoms with Gasteiger partial charge in [0.15, 0.2) is 0 Å². The number of hydrogen-bond donors (Lipinski definition) is 0. The third-order valence-electron chi connectivity index (χ3n) is 6.65. The summed E-state index contributed by atoms with van der Waals surface area (Å²) < 4.78 is 6.06. The lowest BCUT2D eigenvalue weighted by atomic mass is 9.78. The van der Waals surface area contributed by atoms with Gasteiger partial charge in [0.05, 0.1) is 12.2 Å². The number of ether oxygens (including phenoxy) is 1. The molecular formula is C23H41NO. The Morgan fingerprint density at radius 2 is 1.36 bits per heavy atom. The maximum absolute atomic E-state index is 8.95. The van der Waals surface area contributed by atoms with E-state index in [0.29, 0.717) is 12.0 Å². The zero-order valence-electron chi connectivity index (χ0n) is 16.7. The first-order valence-corrected chi connectivity index (χ1v) is 11.3. The number of nitrogens with zero attached hydrogens (tertiary/aromatic N) is 1. The molecule has 0 aromatic carbocycles. The molecule has 2 saturated carbocycles. The van der Waals surface area contributed by atoms with Gasteiger partial charge in [0, 0.05) is 12.5 Å². The van der Waals surface area contributed by atoms with Crippen LogP contribution in [0.1, 0.15) is 110 Å². The molecule has 2 heteroatoms. The third-order valence-corrected chi connectivity index (χ3v) is 6.65. The predicted octanol–water partition coefficient (Wildman–Crippen LogP) is 7.03. The standard InChI is InChI=1S/C23H41NO/c1-2-3-4-5-6-8-20-10-12-21(13-11-20)9-7-18-25-23-16-14-22(19-24)15-17-23/h20-23H,2-18H2,1H3/t20-,21-,22?,23?. The fraction of sp³-hybridized carbons (Fsp3) is 0.957. The Morgan fingerprint density at radius 3 is 1.96 bits per heavy atom. The second-order valence-corrected chi connectivity index (χ2v) is 8.71. The average Bonchev–Trinajstić information content (AvgIpc) is 2.66. The summed E-state index contributed by atoms with van der Waals surface area (Å²) in [6, 6.07) is 2.40. The van der Waals surface area contributed by atoms with E-state index in [0.717, 1.165) is 44.1 Å². The van der Waals surface area contributed by atoms with Crippen LogP contribution in [0.2, 0.25) is 0 Å². The molecule has 2 aliphatic rings. The van der Waals surface area contributed by atoms with Crippen molar-refractivity contribution in [3.8, 4) is 6.07 Å². The smallest absolute Gasteiger partial charge is 0.0655 e. The van der Waals surface area contributed by atoms with Gasteiger partial charge in [-0.25, -0.2) is 0 Å². The summed E-state index contributed by atoms with van der Waals surface area (Å²) in [6.45, 7) is 3.24. The Kier molecular flexibility index (Phi) is 10.6. The van der Waals surface area contributed by atoms with Gasteiger partial charge in [-0.1, -0.05) is 71.1 Å². The first-order chi connectivity index (χ1) is 12.3. The minimum atomic E-state index is 0.293. The molecule has 0 saturated heterocycles. The molecule has 0 aromatic rings. The Balaban J connectivity index is 1.43. The molecule has 2 aliphatic carbocycles. The summed E-state index contributed by atoms with van der Waals surface area (Å²) in [7, 11) is 0. The normalized spacial score (nSPS) is 30.1. The van der Waals surface area contributed by atoms with Crippen LogP contribution in [0.3, 0.4) is 0 Å². The van der Waals surface area contributed by atoms with Crippen LogP contribution in [0.5, 0.6) is 0 Å². The van der Waals surface area contributed by atoms with E-state index >= 15 is 0 Å². The van der Waals surface area contributed by atoms with E-state index in [9.17, 15) is 0 Å². The fourth-order valence-corrected chi connectivity index (χ4v) is 4.83. The maximum atomic E-state index is 8.95. The van der Waals surface area contributed by atoms with E-state index in [1.54, 1.807) is 0 Å². The monoisotopic (exact) mass is 347 g/mol. The Hall–Kier alpha value is -0.550. The van der Waals surface area contributed by atoms with Gasteiger partial charge in [-0.05, 0) is 50.4 Å². The molecule has 2 fully saturated rings. The van der Waals surface area contributed by atoms with Crippen molar-refractivity contribution in [3.63, 3.8) is 0 Å². The van der Waals surface area contributed by atoms with Crippen LogP contribution in [-0.2, 0) is 4.74 Å². The molecule has 0 heterocycles. The van der Waals surface area contributed by atoms with Crippen LogP contribution in [0.4, 0.5) is 0 Å². The van der Waals surface area contributed by atoms with Crippen LogP contribution >= 0.6 is 0 Å². The lowest BCUT2D eigenvalue weighted by Crippen LogP contribution is -2.22. The lowest BCUT2D eigenvalue weighted by molar-refractivity contribution is 0.0187. The quantitative estimate of drug-likeness (QED) is 0.376. The van der Waals surface area contributed by atoms with Gasteiger partial charge in [0.25, 0.3) is 0 Å². The minimum absolute atomic E-state index is 0.293. The molecule has 0 aromatic heterocycles. The Bertz CT molecular complexity index is 359. The summed E-state index contributed by atoms with van der Waals surface area (Å²) in [6.07, 6.45) is 21.9. The maximum Gasteiger partial charge on any atom is 0.0655 e. The molecule has 0 unspecified atom stereocenters. The van der Waals surface area contributed by atoms with Crippen molar-refractivity contribution in [1.82, 2.24) is 0 Å². The SMILES string of the molecule is CCCCCCC[C@H]1CC[C@H](CCCOC2CCC(C#N)CC2)CC1. The van der Waals surface area contributed by atoms with Crippen molar-refractivity contribution in [2.24, 2.45) is 17.8 Å². The highest BCUT2D eigenvalue weighted by atomic mass is 16.5. The number of hydrogen-bond acceptors (Lipinski definition) is 2. The highest BCUT2D eigenvalue weighted by Gasteiger charge is 2.22. The molecule has 2 rings (SSSR count). The van der Waals surface area contributed by atoms with Gasteiger partial charge in [0.1, 0.15) is 0 Å². The van der Waals surface area contributed by atoms with Gasteiger partial charge in [-0.2, -0.15) is 5.26 Å². The number of unbranched alkanes of at least 4 members (excludes halogenated alkanes) is 4. The van der Waals surface area contributed by atoms with Crippen molar-refractivity contribution in [2.45, 2.75) is 116 Å². The number of rotatable bonds is 11. The van der Waals surface area contributed by atoms with E-state index in [-0.39, 0.29) is 0 Å². The molecule has 2 nitrogen and oxygen atoms in total. The van der Waals surface area contributed by atoms with Gasteiger partial charge in [-0.15, -0.1) is 0 Å². The Labute approximate surface area is 156 Å². The molecule has 25 heavy (non-hydrogen) atoms. The molecule has 0 N–H and O–H groups in total. The number of nitriles is 1. The van der Waals surface area contributed by atoms with Crippen molar-refractivity contribution >= 4 is 0 Å². The second-order valence-electron chi connectivity index (χ2n) is 8.71. The summed E-state index contributed by atoms with van der Waals surface area (Å²) in [5.41, 5.74) is 0. The van der Waals surface area contributed by atoms with E-state index in [4.69, 9.17) is 10.00 Å². The van der Waals surface area contributed by atoms with Crippen molar-refractivity contribution in [2.75, 3.05) is 6.61 Å². The van der Waals surface area contributed by atoms with Gasteiger partial charge >= 0.3 is 0 Å². The van der Waals surface area contributed by atoms with E-state index in [2.05, 4.69) is 13.0 Å². The highest BCUT2D eigenvalue weighted by molar-refractivity contribution is 4.87. The zero-order valence-corrected chi connectivity index (χ0v) is 16.7. The predicted molar refractivity (Wildman–Crippen MR) is 105 cm³/mol. The van der Waals surface area contributed by atoms with Gasteiger partial charge in [0.2, 0.25) is 0 Å². The molecule has 0 aliphatic heterocycles. The van der Waals surface area contributed by atoms with Crippen LogP contribution in [0.25, 0.3) is 0 Å². The molecule has 0 bridgehead atoms. The largest absolute Gasteiger partial charge is 0.378 e. The average molecular weight is 348 g/mol. The molecule has 144 valence electrons. The van der Waals surface area contributed by atoms with Crippen molar-refractivity contribution in [1.29, 1.82) is 5.26 Å². The molecule has 0 amide bonds. The lowest BCUT2D eigenvalue weighted by Gasteiger charge is -2.29. The second kappa shape index (κ2) is 12.7. The van der Waals surface area contributed by atoms with Crippen LogP contribution in [0, 0.1) is 29.1 Å². The first kappa shape index (κ1) is 20.8. The molecule has 0 atom stereocenters. The van der Waals surface area contributed by atoms with Crippen molar-refractivity contribution < 1.29 is 4.74 Å². The fourth-order valence-electron chi connectivity index (χ4n) is 4.83. The van der Waals surface area contributed by atoms with Crippen LogP contribution in [0.15, 0.2) is 0 Å². The topological polar surface area (TPSA) is 33.0 Å². The van der Waals surface area contributed by atoms with Crippen LogP contribution in [-0.4, -0.2) is 12.7 Å². The summed E-state index contributed by atoms with van der Waals surface area (Å²) in [5, 5.41) is 8.95. The molecular weight excluding hydrogens is 306 g/mol. The van der Waals surface area contributed by atoms with Gasteiger partial charge in [-0.3, -0.25) is 0 Å². The van der Waals surface area contributed by atoms with E-state index in [1.807, 2.05) is 0 Å².